The molecule has 0 radical (unpaired) electrons. The minimum Gasteiger partial charge on any atom is -0.468 e. The number of benzene rings is 2. The summed E-state index contributed by atoms with van der Waals surface area (Å²) in [6, 6.07) is 13.1. The summed E-state index contributed by atoms with van der Waals surface area (Å²) in [4.78, 5) is 0.274. The van der Waals surface area contributed by atoms with Gasteiger partial charge < -0.3 is 4.42 Å². The van der Waals surface area contributed by atoms with Gasteiger partial charge in [-0.15, -0.1) is 0 Å². The van der Waals surface area contributed by atoms with Gasteiger partial charge in [0.15, 0.2) is 9.84 Å². The third kappa shape index (κ3) is 4.50. The van der Waals surface area contributed by atoms with Crippen molar-refractivity contribution in [2.75, 3.05) is 6.54 Å². The second-order valence-corrected chi connectivity index (χ2v) is 11.3. The first-order chi connectivity index (χ1) is 14.0. The molecule has 0 amide bonds. The van der Waals surface area contributed by atoms with Gasteiger partial charge in [0.25, 0.3) is 0 Å². The second-order valence-electron chi connectivity index (χ2n) is 7.44. The molecule has 3 aromatic rings. The molecule has 1 atom stereocenters. The van der Waals surface area contributed by atoms with Crippen molar-refractivity contribution in [1.29, 1.82) is 0 Å². The van der Waals surface area contributed by atoms with Gasteiger partial charge in [0.05, 0.1) is 16.1 Å². The summed E-state index contributed by atoms with van der Waals surface area (Å²) in [5.74, 6) is 0.177. The van der Waals surface area contributed by atoms with Gasteiger partial charge in [-0.05, 0) is 63.1 Å². The number of hydrogen-bond donors (Lipinski definition) is 1. The zero-order valence-corrected chi connectivity index (χ0v) is 19.0. The zero-order chi connectivity index (χ0) is 22.1. The van der Waals surface area contributed by atoms with Gasteiger partial charge in [-0.2, -0.15) is 0 Å². The van der Waals surface area contributed by atoms with Crippen LogP contribution < -0.4 is 4.72 Å². The number of sulfonamides is 1. The Hall–Kier alpha value is -2.42. The van der Waals surface area contributed by atoms with E-state index in [1.165, 1.54) is 24.5 Å². The SMILES string of the molecule is Cc1ccc(S(=O)(=O)[C@@H](CNS(=O)(=O)c2c(C)cc(C)cc2C)c2ccco2)cc1. The summed E-state index contributed by atoms with van der Waals surface area (Å²) in [5, 5.41) is -1.20. The van der Waals surface area contributed by atoms with Gasteiger partial charge in [-0.1, -0.05) is 35.4 Å². The highest BCUT2D eigenvalue weighted by molar-refractivity contribution is 7.92. The molecule has 0 unspecified atom stereocenters. The molecule has 2 aromatic carbocycles. The van der Waals surface area contributed by atoms with E-state index < -0.39 is 25.1 Å². The number of sulfone groups is 1. The van der Waals surface area contributed by atoms with Crippen LogP contribution in [0.1, 0.15) is 33.3 Å². The molecule has 0 aliphatic heterocycles. The maximum atomic E-state index is 13.3. The number of aryl methyl sites for hydroxylation is 4. The lowest BCUT2D eigenvalue weighted by molar-refractivity contribution is 0.486. The lowest BCUT2D eigenvalue weighted by atomic mass is 10.1. The molecule has 0 aliphatic rings. The summed E-state index contributed by atoms with van der Waals surface area (Å²) in [6.07, 6.45) is 1.37. The zero-order valence-electron chi connectivity index (χ0n) is 17.3. The van der Waals surface area contributed by atoms with E-state index in [9.17, 15) is 16.8 Å². The standard InChI is InChI=1S/C22H25NO5S2/c1-15-7-9-19(10-8-15)29(24,25)21(20-6-5-11-28-20)14-23-30(26,27)22-17(3)12-16(2)13-18(22)4/h5-13,21,23H,14H2,1-4H3/t21-/m0/s1. The highest BCUT2D eigenvalue weighted by atomic mass is 32.2. The fraction of sp³-hybridized carbons (Fsp3) is 0.273. The highest BCUT2D eigenvalue weighted by Gasteiger charge is 2.33. The van der Waals surface area contributed by atoms with Crippen LogP contribution in [-0.2, 0) is 19.9 Å². The van der Waals surface area contributed by atoms with Crippen molar-refractivity contribution in [3.63, 3.8) is 0 Å². The first-order valence-corrected chi connectivity index (χ1v) is 12.5. The topological polar surface area (TPSA) is 93.5 Å². The van der Waals surface area contributed by atoms with Crippen molar-refractivity contribution < 1.29 is 21.3 Å². The Morgan fingerprint density at radius 2 is 1.47 bits per heavy atom. The van der Waals surface area contributed by atoms with Gasteiger partial charge in [0.2, 0.25) is 10.0 Å². The third-order valence-electron chi connectivity index (χ3n) is 4.92. The Morgan fingerprint density at radius 3 is 2.00 bits per heavy atom. The second kappa shape index (κ2) is 8.37. The first-order valence-electron chi connectivity index (χ1n) is 9.44. The Morgan fingerprint density at radius 1 is 0.867 bits per heavy atom. The van der Waals surface area contributed by atoms with E-state index in [4.69, 9.17) is 4.42 Å². The molecule has 0 saturated heterocycles. The Bertz CT molecular complexity index is 1220. The van der Waals surface area contributed by atoms with Crippen LogP contribution >= 0.6 is 0 Å². The van der Waals surface area contributed by atoms with Crippen LogP contribution in [0.15, 0.2) is 69.0 Å². The van der Waals surface area contributed by atoms with Crippen molar-refractivity contribution in [3.8, 4) is 0 Å². The molecule has 0 bridgehead atoms. The van der Waals surface area contributed by atoms with Crippen LogP contribution in [0.4, 0.5) is 0 Å². The van der Waals surface area contributed by atoms with Crippen LogP contribution in [0, 0.1) is 27.7 Å². The number of hydrogen-bond acceptors (Lipinski definition) is 5. The predicted octanol–water partition coefficient (Wildman–Crippen LogP) is 4.01. The Balaban J connectivity index is 1.97. The maximum Gasteiger partial charge on any atom is 0.241 e. The van der Waals surface area contributed by atoms with Crippen LogP contribution in [0.5, 0.6) is 0 Å². The first kappa shape index (κ1) is 22.3. The number of nitrogens with one attached hydrogen (secondary N) is 1. The molecule has 1 N–H and O–H groups in total. The molecule has 3 rings (SSSR count). The van der Waals surface area contributed by atoms with E-state index in [0.717, 1.165) is 11.1 Å². The summed E-state index contributed by atoms with van der Waals surface area (Å²) in [5.41, 5.74) is 3.10. The summed E-state index contributed by atoms with van der Waals surface area (Å²) in [6.45, 7) is 6.85. The lowest BCUT2D eigenvalue weighted by Crippen LogP contribution is -2.32. The average Bonchev–Trinajstić information content (AvgIpc) is 3.15. The molecule has 8 heteroatoms. The number of rotatable bonds is 7. The molecule has 0 fully saturated rings. The minimum absolute atomic E-state index is 0.108. The van der Waals surface area contributed by atoms with Crippen LogP contribution in [-0.4, -0.2) is 23.4 Å². The molecule has 0 spiro atoms. The molecular weight excluding hydrogens is 422 g/mol. The van der Waals surface area contributed by atoms with Crippen molar-refractivity contribution in [1.82, 2.24) is 4.72 Å². The molecule has 1 aromatic heterocycles. The van der Waals surface area contributed by atoms with Gasteiger partial charge in [-0.3, -0.25) is 0 Å². The maximum absolute atomic E-state index is 13.3. The fourth-order valence-electron chi connectivity index (χ4n) is 3.58. The van der Waals surface area contributed by atoms with Crippen LogP contribution in [0.2, 0.25) is 0 Å². The number of furan rings is 1. The molecule has 160 valence electrons. The molecule has 1 heterocycles. The Kier molecular flexibility index (Phi) is 6.21. The average molecular weight is 448 g/mol. The largest absolute Gasteiger partial charge is 0.468 e. The molecular formula is C22H25NO5S2. The smallest absolute Gasteiger partial charge is 0.241 e. The van der Waals surface area contributed by atoms with E-state index in [2.05, 4.69) is 4.72 Å². The van der Waals surface area contributed by atoms with Gasteiger partial charge in [-0.25, -0.2) is 21.6 Å². The van der Waals surface area contributed by atoms with Crippen molar-refractivity contribution in [2.45, 2.75) is 42.7 Å². The quantitative estimate of drug-likeness (QED) is 0.591. The van der Waals surface area contributed by atoms with Gasteiger partial charge in [0.1, 0.15) is 11.0 Å². The molecule has 6 nitrogen and oxygen atoms in total. The molecule has 0 saturated carbocycles. The van der Waals surface area contributed by atoms with Crippen LogP contribution in [0.3, 0.4) is 0 Å². The molecule has 30 heavy (non-hydrogen) atoms. The lowest BCUT2D eigenvalue weighted by Gasteiger charge is -2.18. The summed E-state index contributed by atoms with van der Waals surface area (Å²) < 4.78 is 60.5. The molecule has 0 aliphatic carbocycles. The highest BCUT2D eigenvalue weighted by Crippen LogP contribution is 2.30. The van der Waals surface area contributed by atoms with Crippen molar-refractivity contribution in [2.24, 2.45) is 0 Å². The third-order valence-corrected chi connectivity index (χ3v) is 8.72. The van der Waals surface area contributed by atoms with Crippen molar-refractivity contribution >= 4 is 19.9 Å². The normalized spacial score (nSPS) is 13.3. The van der Waals surface area contributed by atoms with E-state index in [0.29, 0.717) is 11.1 Å². The summed E-state index contributed by atoms with van der Waals surface area (Å²) in [7, 11) is -7.82. The monoisotopic (exact) mass is 447 g/mol. The van der Waals surface area contributed by atoms with E-state index in [-0.39, 0.29) is 22.1 Å². The minimum atomic E-state index is -3.93. The van der Waals surface area contributed by atoms with Crippen LogP contribution in [0.25, 0.3) is 0 Å². The van der Waals surface area contributed by atoms with E-state index in [1.54, 1.807) is 44.2 Å². The summed E-state index contributed by atoms with van der Waals surface area (Å²) >= 11 is 0. The van der Waals surface area contributed by atoms with Crippen molar-refractivity contribution in [3.05, 3.63) is 82.8 Å². The Labute approximate surface area is 177 Å². The van der Waals surface area contributed by atoms with Gasteiger partial charge in [0, 0.05) is 6.54 Å². The van der Waals surface area contributed by atoms with Gasteiger partial charge >= 0.3 is 0 Å². The predicted molar refractivity (Wildman–Crippen MR) is 116 cm³/mol. The fourth-order valence-corrected chi connectivity index (χ4v) is 6.77. The van der Waals surface area contributed by atoms with E-state index in [1.807, 2.05) is 13.8 Å². The van der Waals surface area contributed by atoms with E-state index >= 15 is 0 Å².